The van der Waals surface area contributed by atoms with Crippen LogP contribution >= 0.6 is 0 Å². The van der Waals surface area contributed by atoms with Crippen molar-refractivity contribution in [2.75, 3.05) is 5.32 Å². The summed E-state index contributed by atoms with van der Waals surface area (Å²) in [7, 11) is 0. The molecule has 1 unspecified atom stereocenters. The fourth-order valence-electron chi connectivity index (χ4n) is 2.24. The highest BCUT2D eigenvalue weighted by Crippen LogP contribution is 2.38. The summed E-state index contributed by atoms with van der Waals surface area (Å²) in [6.45, 7) is 4.42. The lowest BCUT2D eigenvalue weighted by Crippen LogP contribution is -2.31. The van der Waals surface area contributed by atoms with Crippen molar-refractivity contribution in [2.45, 2.75) is 39.2 Å². The standard InChI is InChI=1S/C11H16N4O2/c1-11(2)5-3-4-9(11)14-10-12-6-8(7-13-10)15(16)17/h6-7,9H,3-5H2,1-2H3,(H,12,13,14). The smallest absolute Gasteiger partial charge is 0.305 e. The van der Waals surface area contributed by atoms with Gasteiger partial charge in [-0.2, -0.15) is 0 Å². The van der Waals surface area contributed by atoms with Crippen LogP contribution in [0.5, 0.6) is 0 Å². The lowest BCUT2D eigenvalue weighted by Gasteiger charge is -2.27. The van der Waals surface area contributed by atoms with Crippen molar-refractivity contribution in [1.29, 1.82) is 0 Å². The van der Waals surface area contributed by atoms with Crippen molar-refractivity contribution < 1.29 is 4.92 Å². The molecule has 0 spiro atoms. The molecule has 0 radical (unpaired) electrons. The van der Waals surface area contributed by atoms with Gasteiger partial charge in [0, 0.05) is 6.04 Å². The van der Waals surface area contributed by atoms with Gasteiger partial charge in [0.1, 0.15) is 12.4 Å². The number of nitrogens with zero attached hydrogens (tertiary/aromatic N) is 3. The first kappa shape index (κ1) is 11.8. The molecule has 1 aliphatic carbocycles. The lowest BCUT2D eigenvalue weighted by atomic mass is 9.87. The zero-order chi connectivity index (χ0) is 12.5. The predicted molar refractivity (Wildman–Crippen MR) is 63.7 cm³/mol. The highest BCUT2D eigenvalue weighted by molar-refractivity contribution is 5.32. The Morgan fingerprint density at radius 1 is 1.47 bits per heavy atom. The molecule has 17 heavy (non-hydrogen) atoms. The molecule has 2 rings (SSSR count). The summed E-state index contributed by atoms with van der Waals surface area (Å²) >= 11 is 0. The lowest BCUT2D eigenvalue weighted by molar-refractivity contribution is -0.385. The van der Waals surface area contributed by atoms with E-state index in [0.717, 1.165) is 6.42 Å². The first-order valence-corrected chi connectivity index (χ1v) is 5.72. The van der Waals surface area contributed by atoms with Crippen LogP contribution in [0.1, 0.15) is 33.1 Å². The van der Waals surface area contributed by atoms with Crippen molar-refractivity contribution in [3.05, 3.63) is 22.5 Å². The Morgan fingerprint density at radius 3 is 2.59 bits per heavy atom. The molecular formula is C11H16N4O2. The minimum absolute atomic E-state index is 0.0822. The first-order valence-electron chi connectivity index (χ1n) is 5.72. The van der Waals surface area contributed by atoms with Gasteiger partial charge >= 0.3 is 5.69 Å². The van der Waals surface area contributed by atoms with E-state index >= 15 is 0 Å². The minimum Gasteiger partial charge on any atom is -0.351 e. The second-order valence-electron chi connectivity index (χ2n) is 5.10. The van der Waals surface area contributed by atoms with Crippen molar-refractivity contribution in [1.82, 2.24) is 9.97 Å². The van der Waals surface area contributed by atoms with Crippen molar-refractivity contribution in [3.63, 3.8) is 0 Å². The largest absolute Gasteiger partial charge is 0.351 e. The van der Waals surface area contributed by atoms with E-state index in [0.29, 0.717) is 12.0 Å². The van der Waals surface area contributed by atoms with Crippen molar-refractivity contribution in [3.8, 4) is 0 Å². The second kappa shape index (κ2) is 4.27. The first-order chi connectivity index (χ1) is 7.99. The third-order valence-electron chi connectivity index (χ3n) is 3.41. The summed E-state index contributed by atoms with van der Waals surface area (Å²) in [5.41, 5.74) is 0.145. The number of rotatable bonds is 3. The summed E-state index contributed by atoms with van der Waals surface area (Å²) in [5, 5.41) is 13.7. The van der Waals surface area contributed by atoms with Crippen LogP contribution in [0.25, 0.3) is 0 Å². The van der Waals surface area contributed by atoms with Crippen LogP contribution in [0.2, 0.25) is 0 Å². The van der Waals surface area contributed by atoms with E-state index < -0.39 is 4.92 Å². The van der Waals surface area contributed by atoms with E-state index in [1.807, 2.05) is 0 Å². The van der Waals surface area contributed by atoms with Gasteiger partial charge in [0.05, 0.1) is 4.92 Å². The molecule has 1 aromatic heterocycles. The van der Waals surface area contributed by atoms with Crippen LogP contribution < -0.4 is 5.32 Å². The second-order valence-corrected chi connectivity index (χ2v) is 5.10. The summed E-state index contributed by atoms with van der Waals surface area (Å²) < 4.78 is 0. The third-order valence-corrected chi connectivity index (χ3v) is 3.41. The van der Waals surface area contributed by atoms with Crippen LogP contribution in [0.4, 0.5) is 11.6 Å². The van der Waals surface area contributed by atoms with Crippen molar-refractivity contribution in [2.24, 2.45) is 5.41 Å². The normalized spacial score (nSPS) is 22.4. The van der Waals surface area contributed by atoms with Gasteiger partial charge in [0.15, 0.2) is 0 Å². The highest BCUT2D eigenvalue weighted by Gasteiger charge is 2.34. The average Bonchev–Trinajstić information content (AvgIpc) is 2.59. The Morgan fingerprint density at radius 2 is 2.12 bits per heavy atom. The maximum absolute atomic E-state index is 10.5. The van der Waals surface area contributed by atoms with Crippen LogP contribution in [-0.4, -0.2) is 20.9 Å². The Bertz CT molecular complexity index is 416. The van der Waals surface area contributed by atoms with Crippen molar-refractivity contribution >= 4 is 11.6 Å². The van der Waals surface area contributed by atoms with Gasteiger partial charge in [-0.15, -0.1) is 0 Å². The van der Waals surface area contributed by atoms with E-state index in [4.69, 9.17) is 0 Å². The molecule has 1 aromatic rings. The van der Waals surface area contributed by atoms with Gasteiger partial charge in [-0.3, -0.25) is 10.1 Å². The van der Waals surface area contributed by atoms with Crippen LogP contribution in [0.3, 0.4) is 0 Å². The summed E-state index contributed by atoms with van der Waals surface area (Å²) in [6.07, 6.45) is 5.93. The molecule has 1 N–H and O–H groups in total. The molecule has 0 aromatic carbocycles. The molecule has 0 bridgehead atoms. The Kier molecular flexibility index (Phi) is 2.95. The number of hydrogen-bond donors (Lipinski definition) is 1. The fourth-order valence-corrected chi connectivity index (χ4v) is 2.24. The highest BCUT2D eigenvalue weighted by atomic mass is 16.6. The maximum Gasteiger partial charge on any atom is 0.305 e. The maximum atomic E-state index is 10.5. The number of anilines is 1. The molecule has 0 aliphatic heterocycles. The number of aromatic nitrogens is 2. The molecule has 1 aliphatic rings. The molecule has 1 atom stereocenters. The van der Waals surface area contributed by atoms with Crippen LogP contribution in [0.15, 0.2) is 12.4 Å². The molecular weight excluding hydrogens is 220 g/mol. The molecule has 6 nitrogen and oxygen atoms in total. The van der Waals surface area contributed by atoms with Gasteiger partial charge in [-0.1, -0.05) is 20.3 Å². The minimum atomic E-state index is -0.497. The molecule has 1 saturated carbocycles. The predicted octanol–water partition coefficient (Wildman–Crippen LogP) is 2.38. The van der Waals surface area contributed by atoms with E-state index in [2.05, 4.69) is 29.1 Å². The Labute approximate surface area is 99.6 Å². The Balaban J connectivity index is 2.06. The molecule has 92 valence electrons. The third kappa shape index (κ3) is 2.51. The van der Waals surface area contributed by atoms with Crippen LogP contribution in [-0.2, 0) is 0 Å². The molecule has 1 fully saturated rings. The average molecular weight is 236 g/mol. The van der Waals surface area contributed by atoms with Gasteiger partial charge in [0.2, 0.25) is 5.95 Å². The van der Waals surface area contributed by atoms with Crippen LogP contribution in [0, 0.1) is 15.5 Å². The monoisotopic (exact) mass is 236 g/mol. The van der Waals surface area contributed by atoms with E-state index in [-0.39, 0.29) is 11.1 Å². The molecule has 1 heterocycles. The SMILES string of the molecule is CC1(C)CCCC1Nc1ncc([N+](=O)[O-])cn1. The zero-order valence-electron chi connectivity index (χ0n) is 10.0. The quantitative estimate of drug-likeness (QED) is 0.643. The van der Waals surface area contributed by atoms with Gasteiger partial charge < -0.3 is 5.32 Å². The molecule has 0 saturated heterocycles. The Hall–Kier alpha value is -1.72. The van der Waals surface area contributed by atoms with E-state index in [1.54, 1.807) is 0 Å². The van der Waals surface area contributed by atoms with E-state index in [1.165, 1.54) is 25.2 Å². The summed E-state index contributed by atoms with van der Waals surface area (Å²) in [5.74, 6) is 0.468. The number of hydrogen-bond acceptors (Lipinski definition) is 5. The number of nitro groups is 1. The van der Waals surface area contributed by atoms with E-state index in [9.17, 15) is 10.1 Å². The van der Waals surface area contributed by atoms with Gasteiger partial charge in [-0.25, -0.2) is 9.97 Å². The zero-order valence-corrected chi connectivity index (χ0v) is 10.0. The molecule has 6 heteroatoms. The van der Waals surface area contributed by atoms with Gasteiger partial charge in [0.25, 0.3) is 0 Å². The fraction of sp³-hybridized carbons (Fsp3) is 0.636. The van der Waals surface area contributed by atoms with Gasteiger partial charge in [-0.05, 0) is 18.3 Å². The molecule has 0 amide bonds. The summed E-state index contributed by atoms with van der Waals surface area (Å²) in [6, 6.07) is 0.337. The number of nitrogens with one attached hydrogen (secondary N) is 1. The topological polar surface area (TPSA) is 81.0 Å². The summed E-state index contributed by atoms with van der Waals surface area (Å²) in [4.78, 5) is 17.9.